The molecule has 0 aromatic heterocycles. The van der Waals surface area contributed by atoms with Gasteiger partial charge in [-0.1, -0.05) is 17.7 Å². The van der Waals surface area contributed by atoms with Crippen LogP contribution >= 0.6 is 11.6 Å². The topological polar surface area (TPSA) is 107 Å². The van der Waals surface area contributed by atoms with Gasteiger partial charge >= 0.3 is 0 Å². The molecule has 2 amide bonds. The number of nitrogen functional groups attached to an aromatic ring is 1. The first-order chi connectivity index (χ1) is 8.52. The highest BCUT2D eigenvalue weighted by Gasteiger charge is 2.10. The lowest BCUT2D eigenvalue weighted by molar-refractivity contribution is -0.122. The van der Waals surface area contributed by atoms with E-state index in [1.165, 1.54) is 0 Å². The van der Waals surface area contributed by atoms with Crippen LogP contribution in [0, 0.1) is 0 Å². The number of rotatable bonds is 6. The molecule has 5 N–H and O–H groups in total. The minimum absolute atomic E-state index is 0.171. The summed E-state index contributed by atoms with van der Waals surface area (Å²) in [5, 5.41) is 2.91. The van der Waals surface area contributed by atoms with Gasteiger partial charge in [0.15, 0.2) is 0 Å². The van der Waals surface area contributed by atoms with E-state index in [0.717, 1.165) is 0 Å². The van der Waals surface area contributed by atoms with Gasteiger partial charge in [-0.2, -0.15) is 0 Å². The Morgan fingerprint density at radius 1 is 1.39 bits per heavy atom. The van der Waals surface area contributed by atoms with Crippen molar-refractivity contribution < 1.29 is 14.3 Å². The van der Waals surface area contributed by atoms with Crippen molar-refractivity contribution >= 4 is 29.1 Å². The molecule has 7 heteroatoms. The monoisotopic (exact) mass is 271 g/mol. The fraction of sp³-hybridized carbons (Fsp3) is 0.273. The number of carbonyl (C=O) groups excluding carboxylic acids is 2. The predicted molar refractivity (Wildman–Crippen MR) is 68.2 cm³/mol. The zero-order chi connectivity index (χ0) is 13.5. The first kappa shape index (κ1) is 14.3. The third-order valence-electron chi connectivity index (χ3n) is 2.07. The quantitative estimate of drug-likeness (QED) is 0.506. The molecular formula is C11H14ClN3O3. The molecule has 1 aromatic carbocycles. The highest BCUT2D eigenvalue weighted by molar-refractivity contribution is 6.33. The van der Waals surface area contributed by atoms with E-state index in [9.17, 15) is 9.59 Å². The fourth-order valence-corrected chi connectivity index (χ4v) is 1.41. The van der Waals surface area contributed by atoms with Crippen molar-refractivity contribution in [1.82, 2.24) is 5.32 Å². The number of benzene rings is 1. The molecule has 1 aromatic rings. The van der Waals surface area contributed by atoms with Crippen LogP contribution in [0.1, 0.15) is 10.4 Å². The third kappa shape index (κ3) is 4.23. The van der Waals surface area contributed by atoms with E-state index in [-0.39, 0.29) is 31.4 Å². The number of primary amides is 1. The van der Waals surface area contributed by atoms with Gasteiger partial charge in [0.2, 0.25) is 5.91 Å². The first-order valence-electron chi connectivity index (χ1n) is 5.20. The van der Waals surface area contributed by atoms with E-state index in [1.807, 2.05) is 0 Å². The van der Waals surface area contributed by atoms with Crippen molar-refractivity contribution in [3.8, 4) is 0 Å². The second-order valence-corrected chi connectivity index (χ2v) is 3.88. The largest absolute Gasteiger partial charge is 0.397 e. The number of nitrogens with one attached hydrogen (secondary N) is 1. The zero-order valence-electron chi connectivity index (χ0n) is 9.61. The van der Waals surface area contributed by atoms with Crippen LogP contribution in [0.25, 0.3) is 0 Å². The average Bonchev–Trinajstić information content (AvgIpc) is 2.31. The van der Waals surface area contributed by atoms with Crippen LogP contribution in [0.5, 0.6) is 0 Å². The highest BCUT2D eigenvalue weighted by Crippen LogP contribution is 2.21. The zero-order valence-corrected chi connectivity index (χ0v) is 10.4. The minimum atomic E-state index is -0.555. The molecule has 0 aliphatic rings. The third-order valence-corrected chi connectivity index (χ3v) is 2.40. The van der Waals surface area contributed by atoms with Gasteiger partial charge in [-0.05, 0) is 12.1 Å². The summed E-state index contributed by atoms with van der Waals surface area (Å²) in [5.74, 6) is -0.905. The number of halogens is 1. The Morgan fingerprint density at radius 2 is 2.11 bits per heavy atom. The summed E-state index contributed by atoms with van der Waals surface area (Å²) in [6.45, 7) is 0.266. The summed E-state index contributed by atoms with van der Waals surface area (Å²) in [6, 6.07) is 4.81. The molecule has 0 fully saturated rings. The molecule has 0 atom stereocenters. The average molecular weight is 272 g/mol. The summed E-state index contributed by atoms with van der Waals surface area (Å²) in [7, 11) is 0. The Balaban J connectivity index is 2.41. The van der Waals surface area contributed by atoms with Gasteiger partial charge in [-0.25, -0.2) is 0 Å². The van der Waals surface area contributed by atoms with Crippen molar-refractivity contribution in [2.45, 2.75) is 0 Å². The van der Waals surface area contributed by atoms with Crippen LogP contribution in [0.2, 0.25) is 5.02 Å². The second-order valence-electron chi connectivity index (χ2n) is 3.48. The Bertz CT molecular complexity index is 451. The maximum Gasteiger partial charge on any atom is 0.253 e. The maximum atomic E-state index is 11.7. The van der Waals surface area contributed by atoms with Crippen molar-refractivity contribution in [2.24, 2.45) is 5.73 Å². The number of amides is 2. The van der Waals surface area contributed by atoms with Crippen LogP contribution in [0.3, 0.4) is 0 Å². The van der Waals surface area contributed by atoms with Gasteiger partial charge in [0, 0.05) is 6.54 Å². The van der Waals surface area contributed by atoms with Gasteiger partial charge in [0.25, 0.3) is 5.91 Å². The summed E-state index contributed by atoms with van der Waals surface area (Å²) in [4.78, 5) is 22.1. The van der Waals surface area contributed by atoms with Crippen LogP contribution in [-0.2, 0) is 9.53 Å². The van der Waals surface area contributed by atoms with Gasteiger partial charge < -0.3 is 21.5 Å². The molecule has 0 radical (unpaired) electrons. The lowest BCUT2D eigenvalue weighted by Gasteiger charge is -2.08. The van der Waals surface area contributed by atoms with Gasteiger partial charge in [-0.15, -0.1) is 0 Å². The number of carbonyl (C=O) groups is 2. The minimum Gasteiger partial charge on any atom is -0.397 e. The standard InChI is InChI=1S/C11H14ClN3O3/c12-8-3-1-2-7(10(8)14)11(17)15-4-5-18-6-9(13)16/h1-3H,4-6,14H2,(H2,13,16)(H,15,17). The van der Waals surface area contributed by atoms with Crippen LogP contribution in [0.15, 0.2) is 18.2 Å². The molecule has 6 nitrogen and oxygen atoms in total. The predicted octanol–water partition coefficient (Wildman–Crippen LogP) is 0.154. The molecule has 0 bridgehead atoms. The number of hydrogen-bond acceptors (Lipinski definition) is 4. The van der Waals surface area contributed by atoms with Crippen molar-refractivity contribution in [3.63, 3.8) is 0 Å². The normalized spacial score (nSPS) is 10.1. The van der Waals surface area contributed by atoms with Crippen molar-refractivity contribution in [2.75, 3.05) is 25.5 Å². The molecule has 0 aliphatic heterocycles. The molecular weight excluding hydrogens is 258 g/mol. The fourth-order valence-electron chi connectivity index (χ4n) is 1.24. The number of para-hydroxylation sites is 1. The van der Waals surface area contributed by atoms with Gasteiger partial charge in [0.1, 0.15) is 6.61 Å². The van der Waals surface area contributed by atoms with Gasteiger partial charge in [-0.3, -0.25) is 9.59 Å². The lowest BCUT2D eigenvalue weighted by atomic mass is 10.1. The smallest absolute Gasteiger partial charge is 0.253 e. The Morgan fingerprint density at radius 3 is 2.78 bits per heavy atom. The van der Waals surface area contributed by atoms with Crippen LogP contribution in [-0.4, -0.2) is 31.6 Å². The molecule has 1 rings (SSSR count). The molecule has 0 saturated carbocycles. The number of nitrogens with two attached hydrogens (primary N) is 2. The number of anilines is 1. The Labute approximate surface area is 109 Å². The molecule has 0 saturated heterocycles. The summed E-state index contributed by atoms with van der Waals surface area (Å²) >= 11 is 5.80. The van der Waals surface area contributed by atoms with Crippen LogP contribution in [0.4, 0.5) is 5.69 Å². The highest BCUT2D eigenvalue weighted by atomic mass is 35.5. The molecule has 0 aliphatic carbocycles. The molecule has 0 unspecified atom stereocenters. The second kappa shape index (κ2) is 6.83. The van der Waals surface area contributed by atoms with Gasteiger partial charge in [0.05, 0.1) is 22.9 Å². The SMILES string of the molecule is NC(=O)COCCNC(=O)c1cccc(Cl)c1N. The molecule has 18 heavy (non-hydrogen) atoms. The molecule has 98 valence electrons. The van der Waals surface area contributed by atoms with Crippen molar-refractivity contribution in [3.05, 3.63) is 28.8 Å². The Kier molecular flexibility index (Phi) is 5.41. The molecule has 0 heterocycles. The first-order valence-corrected chi connectivity index (χ1v) is 5.58. The summed E-state index contributed by atoms with van der Waals surface area (Å²) in [5.41, 5.74) is 11.1. The van der Waals surface area contributed by atoms with E-state index < -0.39 is 5.91 Å². The van der Waals surface area contributed by atoms with E-state index in [0.29, 0.717) is 10.6 Å². The van der Waals surface area contributed by atoms with Crippen molar-refractivity contribution in [1.29, 1.82) is 0 Å². The maximum absolute atomic E-state index is 11.7. The van der Waals surface area contributed by atoms with E-state index in [1.54, 1.807) is 18.2 Å². The number of hydrogen-bond donors (Lipinski definition) is 3. The summed E-state index contributed by atoms with van der Waals surface area (Å²) < 4.78 is 4.89. The summed E-state index contributed by atoms with van der Waals surface area (Å²) in [6.07, 6.45) is 0. The van der Waals surface area contributed by atoms with E-state index in [2.05, 4.69) is 5.32 Å². The van der Waals surface area contributed by atoms with E-state index >= 15 is 0 Å². The van der Waals surface area contributed by atoms with E-state index in [4.69, 9.17) is 27.8 Å². The lowest BCUT2D eigenvalue weighted by Crippen LogP contribution is -2.29. The molecule has 0 spiro atoms. The number of ether oxygens (including phenoxy) is 1. The van der Waals surface area contributed by atoms with Crippen LogP contribution < -0.4 is 16.8 Å². The Hall–Kier alpha value is -1.79.